The summed E-state index contributed by atoms with van der Waals surface area (Å²) in [7, 11) is 0. The van der Waals surface area contributed by atoms with Gasteiger partial charge in [-0.2, -0.15) is 0 Å². The zero-order chi connectivity index (χ0) is 11.1. The molecule has 0 aliphatic rings. The molecule has 4 heteroatoms. The maximum absolute atomic E-state index is 9.26. The van der Waals surface area contributed by atoms with Gasteiger partial charge in [0.05, 0.1) is 19.8 Å². The summed E-state index contributed by atoms with van der Waals surface area (Å²) in [5, 5.41) is 26.9. The number of hydrogen-bond acceptors (Lipinski definition) is 4. The largest absolute Gasteiger partial charge is 0.394 e. The monoisotopic (exact) mass is 212 g/mol. The van der Waals surface area contributed by atoms with Crippen molar-refractivity contribution < 1.29 is 20.1 Å². The molecule has 0 aliphatic carbocycles. The highest BCUT2D eigenvalue weighted by molar-refractivity contribution is 5.13. The van der Waals surface area contributed by atoms with Crippen molar-refractivity contribution in [2.45, 2.75) is 18.8 Å². The molecular formula is C11H16O4. The molecule has 0 spiro atoms. The molecular weight excluding hydrogens is 196 g/mol. The second kappa shape index (κ2) is 6.53. The number of ether oxygens (including phenoxy) is 1. The van der Waals surface area contributed by atoms with Gasteiger partial charge < -0.3 is 20.1 Å². The standard InChI is InChI=1S/C11H16O4/c12-6-10(14)11(7-13)15-8-9-4-2-1-3-5-9/h1-5,10-14H,6-8H2. The van der Waals surface area contributed by atoms with E-state index in [1.165, 1.54) is 0 Å². The lowest BCUT2D eigenvalue weighted by Gasteiger charge is -2.19. The van der Waals surface area contributed by atoms with Gasteiger partial charge in [0, 0.05) is 0 Å². The molecule has 0 bridgehead atoms. The fraction of sp³-hybridized carbons (Fsp3) is 0.455. The second-order valence-electron chi connectivity index (χ2n) is 3.27. The highest BCUT2D eigenvalue weighted by Gasteiger charge is 2.17. The Hall–Kier alpha value is -0.940. The van der Waals surface area contributed by atoms with E-state index in [0.29, 0.717) is 6.61 Å². The molecule has 0 saturated carbocycles. The minimum Gasteiger partial charge on any atom is -0.394 e. The SMILES string of the molecule is OCC(O)C(CO)OCc1ccccc1. The van der Waals surface area contributed by atoms with Gasteiger partial charge in [0.1, 0.15) is 12.2 Å². The normalized spacial score (nSPS) is 14.9. The van der Waals surface area contributed by atoms with E-state index in [9.17, 15) is 5.11 Å². The van der Waals surface area contributed by atoms with Gasteiger partial charge in [-0.3, -0.25) is 0 Å². The van der Waals surface area contributed by atoms with Gasteiger partial charge >= 0.3 is 0 Å². The average molecular weight is 212 g/mol. The van der Waals surface area contributed by atoms with Crippen molar-refractivity contribution in [2.75, 3.05) is 13.2 Å². The van der Waals surface area contributed by atoms with Gasteiger partial charge in [-0.1, -0.05) is 30.3 Å². The van der Waals surface area contributed by atoms with Gasteiger partial charge in [0.25, 0.3) is 0 Å². The van der Waals surface area contributed by atoms with Crippen LogP contribution in [0.25, 0.3) is 0 Å². The highest BCUT2D eigenvalue weighted by atomic mass is 16.5. The molecule has 0 fully saturated rings. The maximum Gasteiger partial charge on any atom is 0.109 e. The van der Waals surface area contributed by atoms with Gasteiger partial charge in [0.2, 0.25) is 0 Å². The van der Waals surface area contributed by atoms with Crippen LogP contribution in [0.3, 0.4) is 0 Å². The van der Waals surface area contributed by atoms with Crippen LogP contribution in [0.1, 0.15) is 5.56 Å². The summed E-state index contributed by atoms with van der Waals surface area (Å²) >= 11 is 0. The number of benzene rings is 1. The van der Waals surface area contributed by atoms with E-state index in [1.54, 1.807) is 0 Å². The number of rotatable bonds is 6. The van der Waals surface area contributed by atoms with Crippen molar-refractivity contribution in [3.8, 4) is 0 Å². The van der Waals surface area contributed by atoms with Crippen LogP contribution in [0.15, 0.2) is 30.3 Å². The van der Waals surface area contributed by atoms with Crippen molar-refractivity contribution in [1.82, 2.24) is 0 Å². The first-order valence-corrected chi connectivity index (χ1v) is 4.83. The van der Waals surface area contributed by atoms with Gasteiger partial charge in [0.15, 0.2) is 0 Å². The van der Waals surface area contributed by atoms with E-state index in [-0.39, 0.29) is 6.61 Å². The van der Waals surface area contributed by atoms with Gasteiger partial charge in [-0.15, -0.1) is 0 Å². The molecule has 0 radical (unpaired) electrons. The van der Waals surface area contributed by atoms with Crippen molar-refractivity contribution in [3.63, 3.8) is 0 Å². The van der Waals surface area contributed by atoms with Crippen LogP contribution in [0.2, 0.25) is 0 Å². The predicted molar refractivity (Wildman–Crippen MR) is 55.2 cm³/mol. The smallest absolute Gasteiger partial charge is 0.109 e. The number of hydrogen-bond donors (Lipinski definition) is 3. The summed E-state index contributed by atoms with van der Waals surface area (Å²) in [6.45, 7) is -0.419. The minimum absolute atomic E-state index is 0.309. The van der Waals surface area contributed by atoms with Crippen molar-refractivity contribution >= 4 is 0 Å². The molecule has 0 saturated heterocycles. The summed E-state index contributed by atoms with van der Waals surface area (Å²) in [6, 6.07) is 9.44. The Labute approximate surface area is 88.8 Å². The first-order valence-electron chi connectivity index (χ1n) is 4.83. The minimum atomic E-state index is -1.04. The fourth-order valence-corrected chi connectivity index (χ4v) is 1.18. The van der Waals surface area contributed by atoms with Crippen molar-refractivity contribution in [1.29, 1.82) is 0 Å². The molecule has 15 heavy (non-hydrogen) atoms. The third-order valence-electron chi connectivity index (χ3n) is 2.10. The van der Waals surface area contributed by atoms with E-state index in [4.69, 9.17) is 14.9 Å². The molecule has 3 N–H and O–H groups in total. The first kappa shape index (κ1) is 12.1. The Morgan fingerprint density at radius 1 is 1.07 bits per heavy atom. The average Bonchev–Trinajstić information content (AvgIpc) is 2.31. The zero-order valence-electron chi connectivity index (χ0n) is 8.41. The molecule has 1 aromatic rings. The highest BCUT2D eigenvalue weighted by Crippen LogP contribution is 2.05. The number of aliphatic hydroxyl groups is 3. The molecule has 2 unspecified atom stereocenters. The Bertz CT molecular complexity index is 263. The van der Waals surface area contributed by atoms with Gasteiger partial charge in [-0.05, 0) is 5.56 Å². The quantitative estimate of drug-likeness (QED) is 0.616. The van der Waals surface area contributed by atoms with Crippen LogP contribution in [0, 0.1) is 0 Å². The summed E-state index contributed by atoms with van der Waals surface area (Å²) in [6.07, 6.45) is -1.78. The second-order valence-corrected chi connectivity index (χ2v) is 3.27. The van der Waals surface area contributed by atoms with Crippen LogP contribution < -0.4 is 0 Å². The molecule has 84 valence electrons. The molecule has 0 aromatic heterocycles. The third-order valence-corrected chi connectivity index (χ3v) is 2.10. The fourth-order valence-electron chi connectivity index (χ4n) is 1.18. The van der Waals surface area contributed by atoms with Crippen LogP contribution in [-0.2, 0) is 11.3 Å². The lowest BCUT2D eigenvalue weighted by Crippen LogP contribution is -2.34. The predicted octanol–water partition coefficient (Wildman–Crippen LogP) is -0.0827. The van der Waals surface area contributed by atoms with Crippen LogP contribution in [0.5, 0.6) is 0 Å². The molecule has 1 aromatic carbocycles. The lowest BCUT2D eigenvalue weighted by molar-refractivity contribution is -0.0860. The molecule has 0 aliphatic heterocycles. The number of aliphatic hydroxyl groups excluding tert-OH is 3. The van der Waals surface area contributed by atoms with E-state index in [1.807, 2.05) is 30.3 Å². The maximum atomic E-state index is 9.26. The molecule has 4 nitrogen and oxygen atoms in total. The molecule has 2 atom stereocenters. The summed E-state index contributed by atoms with van der Waals surface area (Å²) < 4.78 is 5.27. The molecule has 0 amide bonds. The van der Waals surface area contributed by atoms with Crippen molar-refractivity contribution in [2.24, 2.45) is 0 Å². The summed E-state index contributed by atoms with van der Waals surface area (Å²) in [4.78, 5) is 0. The summed E-state index contributed by atoms with van der Waals surface area (Å²) in [5.74, 6) is 0. The first-order chi connectivity index (χ1) is 7.27. The summed E-state index contributed by atoms with van der Waals surface area (Å²) in [5.41, 5.74) is 0.959. The lowest BCUT2D eigenvalue weighted by atomic mass is 10.2. The van der Waals surface area contributed by atoms with Crippen LogP contribution in [-0.4, -0.2) is 40.7 Å². The van der Waals surface area contributed by atoms with Crippen LogP contribution in [0.4, 0.5) is 0 Å². The van der Waals surface area contributed by atoms with E-state index in [2.05, 4.69) is 0 Å². The van der Waals surface area contributed by atoms with Crippen molar-refractivity contribution in [3.05, 3.63) is 35.9 Å². The Kier molecular flexibility index (Phi) is 5.28. The van der Waals surface area contributed by atoms with E-state index in [0.717, 1.165) is 5.56 Å². The van der Waals surface area contributed by atoms with Crippen LogP contribution >= 0.6 is 0 Å². The Balaban J connectivity index is 2.41. The van der Waals surface area contributed by atoms with E-state index < -0.39 is 18.8 Å². The Morgan fingerprint density at radius 2 is 1.73 bits per heavy atom. The zero-order valence-corrected chi connectivity index (χ0v) is 8.41. The van der Waals surface area contributed by atoms with E-state index >= 15 is 0 Å². The Morgan fingerprint density at radius 3 is 2.27 bits per heavy atom. The molecule has 0 heterocycles. The van der Waals surface area contributed by atoms with Gasteiger partial charge in [-0.25, -0.2) is 0 Å². The molecule has 1 rings (SSSR count). The third kappa shape index (κ3) is 3.97. The topological polar surface area (TPSA) is 69.9 Å².